The van der Waals surface area contributed by atoms with Gasteiger partial charge in [0.15, 0.2) is 0 Å². The fraction of sp³-hybridized carbons (Fsp3) is 0.500. The average Bonchev–Trinajstić information content (AvgIpc) is 2.84. The molecule has 0 spiro atoms. The summed E-state index contributed by atoms with van der Waals surface area (Å²) in [5, 5.41) is 1.57. The summed E-state index contributed by atoms with van der Waals surface area (Å²) < 4.78 is 0. The van der Waals surface area contributed by atoms with Crippen molar-refractivity contribution in [2.24, 2.45) is 0 Å². The van der Waals surface area contributed by atoms with Crippen LogP contribution in [0, 0.1) is 0 Å². The predicted octanol–water partition coefficient (Wildman–Crippen LogP) is 4.10. The van der Waals surface area contributed by atoms with Crippen LogP contribution in [0.5, 0.6) is 0 Å². The first-order chi connectivity index (χ1) is 8.28. The summed E-state index contributed by atoms with van der Waals surface area (Å²) in [5.41, 5.74) is 6.58. The number of aryl methyl sites for hydroxylation is 2. The van der Waals surface area contributed by atoms with Gasteiger partial charge in [0.1, 0.15) is 0 Å². The number of hydrogen-bond acceptors (Lipinski definition) is 0. The predicted molar refractivity (Wildman–Crippen MR) is 71.5 cm³/mol. The van der Waals surface area contributed by atoms with Crippen molar-refractivity contribution < 1.29 is 0 Å². The van der Waals surface area contributed by atoms with E-state index in [0.717, 1.165) is 0 Å². The lowest BCUT2D eigenvalue weighted by molar-refractivity contribution is 0.274. The van der Waals surface area contributed by atoms with Gasteiger partial charge < -0.3 is 4.98 Å². The quantitative estimate of drug-likeness (QED) is 0.752. The van der Waals surface area contributed by atoms with Gasteiger partial charge in [-0.05, 0) is 54.7 Å². The van der Waals surface area contributed by atoms with Gasteiger partial charge in [0, 0.05) is 16.6 Å². The van der Waals surface area contributed by atoms with Crippen LogP contribution in [0.1, 0.15) is 49.4 Å². The molecule has 1 fully saturated rings. The van der Waals surface area contributed by atoms with Gasteiger partial charge >= 0.3 is 0 Å². The third-order valence-corrected chi connectivity index (χ3v) is 4.98. The largest absolute Gasteiger partial charge is 0.358 e. The Balaban J connectivity index is 2.03. The highest BCUT2D eigenvalue weighted by atomic mass is 14.7. The van der Waals surface area contributed by atoms with Crippen molar-refractivity contribution in [3.05, 3.63) is 35.0 Å². The molecule has 17 heavy (non-hydrogen) atoms. The molecule has 2 aromatic rings. The number of fused-ring (bicyclic) bond motifs is 3. The molecule has 1 saturated carbocycles. The number of nitrogens with one attached hydrogen (secondary N) is 1. The van der Waals surface area contributed by atoms with Gasteiger partial charge in [-0.1, -0.05) is 25.5 Å². The van der Waals surface area contributed by atoms with Crippen molar-refractivity contribution >= 4 is 10.9 Å². The third-order valence-electron chi connectivity index (χ3n) is 4.98. The lowest BCUT2D eigenvalue weighted by Crippen LogP contribution is -2.30. The van der Waals surface area contributed by atoms with E-state index in [1.165, 1.54) is 49.7 Å². The van der Waals surface area contributed by atoms with Gasteiger partial charge in [-0.3, -0.25) is 0 Å². The Morgan fingerprint density at radius 1 is 1.12 bits per heavy atom. The lowest BCUT2D eigenvalue weighted by Gasteiger charge is -2.39. The minimum absolute atomic E-state index is 0.456. The molecule has 88 valence electrons. The second kappa shape index (κ2) is 3.16. The zero-order valence-electron chi connectivity index (χ0n) is 10.5. The number of H-pyrrole nitrogens is 1. The van der Waals surface area contributed by atoms with Crippen LogP contribution in [0.15, 0.2) is 18.2 Å². The maximum atomic E-state index is 3.64. The van der Waals surface area contributed by atoms with Crippen molar-refractivity contribution in [3.8, 4) is 0 Å². The summed E-state index contributed by atoms with van der Waals surface area (Å²) in [6.45, 7) is 2.44. The van der Waals surface area contributed by atoms with Crippen LogP contribution in [0.4, 0.5) is 0 Å². The normalized spacial score (nSPS) is 21.5. The number of rotatable bonds is 1. The van der Waals surface area contributed by atoms with Gasteiger partial charge in [-0.2, -0.15) is 0 Å². The van der Waals surface area contributed by atoms with E-state index in [-0.39, 0.29) is 0 Å². The molecule has 0 radical (unpaired) electrons. The van der Waals surface area contributed by atoms with Crippen molar-refractivity contribution in [1.82, 2.24) is 4.98 Å². The van der Waals surface area contributed by atoms with Crippen molar-refractivity contribution in [3.63, 3.8) is 0 Å². The van der Waals surface area contributed by atoms with Crippen LogP contribution in [0.3, 0.4) is 0 Å². The maximum Gasteiger partial charge on any atom is 0.0461 e. The summed E-state index contributed by atoms with van der Waals surface area (Å²) in [7, 11) is 0. The van der Waals surface area contributed by atoms with E-state index in [1.807, 2.05) is 0 Å². The monoisotopic (exact) mass is 225 g/mol. The van der Waals surface area contributed by atoms with E-state index in [4.69, 9.17) is 0 Å². The molecule has 2 aliphatic carbocycles. The summed E-state index contributed by atoms with van der Waals surface area (Å²) in [5.74, 6) is 0. The molecule has 1 heteroatoms. The zero-order valence-corrected chi connectivity index (χ0v) is 10.5. The van der Waals surface area contributed by atoms with Crippen molar-refractivity contribution in [1.29, 1.82) is 0 Å². The van der Waals surface area contributed by atoms with E-state index in [1.54, 1.807) is 16.5 Å². The first-order valence-electron chi connectivity index (χ1n) is 6.91. The molecule has 1 heterocycles. The molecule has 1 N–H and O–H groups in total. The minimum Gasteiger partial charge on any atom is -0.358 e. The number of hydrogen-bond donors (Lipinski definition) is 1. The zero-order chi connectivity index (χ0) is 11.5. The smallest absolute Gasteiger partial charge is 0.0461 e. The second-order valence-electron chi connectivity index (χ2n) is 6.08. The molecule has 1 aromatic heterocycles. The Kier molecular flexibility index (Phi) is 1.81. The summed E-state index contributed by atoms with van der Waals surface area (Å²) in [6.07, 6.45) is 8.00. The average molecular weight is 225 g/mol. The SMILES string of the molecule is CC1(c2cccc3[nH]c4c(c23)CCC4)CCC1. The van der Waals surface area contributed by atoms with E-state index in [0.29, 0.717) is 5.41 Å². The highest BCUT2D eigenvalue weighted by molar-refractivity contribution is 5.89. The maximum absolute atomic E-state index is 3.64. The number of aromatic nitrogens is 1. The van der Waals surface area contributed by atoms with Gasteiger partial charge in [0.05, 0.1) is 0 Å². The fourth-order valence-corrected chi connectivity index (χ4v) is 3.78. The van der Waals surface area contributed by atoms with Gasteiger partial charge in [-0.15, -0.1) is 0 Å². The first-order valence-corrected chi connectivity index (χ1v) is 6.91. The first kappa shape index (κ1) is 9.76. The van der Waals surface area contributed by atoms with E-state index < -0.39 is 0 Å². The summed E-state index contributed by atoms with van der Waals surface area (Å²) in [6, 6.07) is 6.85. The minimum atomic E-state index is 0.456. The molecule has 0 saturated heterocycles. The lowest BCUT2D eigenvalue weighted by atomic mass is 9.65. The third kappa shape index (κ3) is 1.20. The van der Waals surface area contributed by atoms with Crippen LogP contribution in [0.2, 0.25) is 0 Å². The highest BCUT2D eigenvalue weighted by Crippen LogP contribution is 2.47. The van der Waals surface area contributed by atoms with E-state index in [9.17, 15) is 0 Å². The molecule has 0 unspecified atom stereocenters. The van der Waals surface area contributed by atoms with Crippen LogP contribution in [0.25, 0.3) is 10.9 Å². The molecular weight excluding hydrogens is 206 g/mol. The molecule has 0 bridgehead atoms. The van der Waals surface area contributed by atoms with Crippen LogP contribution >= 0.6 is 0 Å². The Morgan fingerprint density at radius 2 is 2.00 bits per heavy atom. The van der Waals surface area contributed by atoms with Crippen molar-refractivity contribution in [2.75, 3.05) is 0 Å². The van der Waals surface area contributed by atoms with Crippen LogP contribution < -0.4 is 0 Å². The topological polar surface area (TPSA) is 15.8 Å². The standard InChI is InChI=1S/C16H19N/c1-16(9-4-10-16)12-6-3-8-14-15(12)11-5-2-7-13(11)17-14/h3,6,8,17H,2,4-5,7,9-10H2,1H3. The number of aromatic amines is 1. The van der Waals surface area contributed by atoms with Gasteiger partial charge in [0.25, 0.3) is 0 Å². The molecule has 0 aliphatic heterocycles. The molecule has 1 nitrogen and oxygen atoms in total. The van der Waals surface area contributed by atoms with Crippen LogP contribution in [-0.2, 0) is 18.3 Å². The molecule has 0 atom stereocenters. The molecule has 2 aliphatic rings. The summed E-state index contributed by atoms with van der Waals surface area (Å²) >= 11 is 0. The van der Waals surface area contributed by atoms with Gasteiger partial charge in [0.2, 0.25) is 0 Å². The Bertz CT molecular complexity index is 587. The van der Waals surface area contributed by atoms with E-state index in [2.05, 4.69) is 30.1 Å². The molecule has 4 rings (SSSR count). The second-order valence-corrected chi connectivity index (χ2v) is 6.08. The number of benzene rings is 1. The van der Waals surface area contributed by atoms with Crippen LogP contribution in [-0.4, -0.2) is 4.98 Å². The Morgan fingerprint density at radius 3 is 2.76 bits per heavy atom. The molecule has 1 aromatic carbocycles. The van der Waals surface area contributed by atoms with Gasteiger partial charge in [-0.25, -0.2) is 0 Å². The molecular formula is C16H19N. The fourth-order valence-electron chi connectivity index (χ4n) is 3.78. The van der Waals surface area contributed by atoms with Crippen molar-refractivity contribution in [2.45, 2.75) is 50.9 Å². The Labute approximate surface area is 102 Å². The molecule has 0 amide bonds. The van der Waals surface area contributed by atoms with E-state index >= 15 is 0 Å². The summed E-state index contributed by atoms with van der Waals surface area (Å²) in [4.78, 5) is 3.64. The Hall–Kier alpha value is -1.24. The highest BCUT2D eigenvalue weighted by Gasteiger charge is 2.36.